The molecular weight excluding hydrogens is 234 g/mol. The van der Waals surface area contributed by atoms with Crippen LogP contribution in [0.3, 0.4) is 0 Å². The summed E-state index contributed by atoms with van der Waals surface area (Å²) in [5.41, 5.74) is -0.107. The second-order valence-electron chi connectivity index (χ2n) is 4.71. The number of hydrogen-bond acceptors (Lipinski definition) is 2. The lowest BCUT2D eigenvalue weighted by atomic mass is 9.67. The Morgan fingerprint density at radius 3 is 2.69 bits per heavy atom. The molecule has 2 nitrogen and oxygen atoms in total. The molecule has 0 radical (unpaired) electrons. The number of nitrogens with zero attached hydrogens (tertiary/aromatic N) is 1. The van der Waals surface area contributed by atoms with Crippen molar-refractivity contribution in [2.24, 2.45) is 5.41 Å². The monoisotopic (exact) mass is 246 g/mol. The molecule has 1 aliphatic rings. The van der Waals surface area contributed by atoms with Crippen molar-refractivity contribution in [3.8, 4) is 0 Å². The Bertz CT molecular complexity index is 409. The van der Waals surface area contributed by atoms with Gasteiger partial charge in [-0.05, 0) is 6.42 Å². The van der Waals surface area contributed by atoms with E-state index < -0.39 is 11.6 Å². The third kappa shape index (κ3) is 1.86. The van der Waals surface area contributed by atoms with Crippen molar-refractivity contribution < 1.29 is 8.78 Å². The number of pyridine rings is 1. The van der Waals surface area contributed by atoms with Crippen molar-refractivity contribution in [3.63, 3.8) is 0 Å². The van der Waals surface area contributed by atoms with E-state index in [4.69, 9.17) is 11.6 Å². The molecule has 0 aliphatic heterocycles. The van der Waals surface area contributed by atoms with Crippen molar-refractivity contribution in [2.45, 2.75) is 31.7 Å². The van der Waals surface area contributed by atoms with Crippen LogP contribution in [0.5, 0.6) is 0 Å². The van der Waals surface area contributed by atoms with Gasteiger partial charge in [0.05, 0.1) is 6.20 Å². The molecule has 88 valence electrons. The average molecular weight is 247 g/mol. The average Bonchev–Trinajstić information content (AvgIpc) is 2.21. The fraction of sp³-hybridized carbons (Fsp3) is 0.545. The summed E-state index contributed by atoms with van der Waals surface area (Å²) in [5, 5.41) is 3.03. The summed E-state index contributed by atoms with van der Waals surface area (Å²) in [7, 11) is 0. The van der Waals surface area contributed by atoms with E-state index in [2.05, 4.69) is 10.3 Å². The van der Waals surface area contributed by atoms with Crippen molar-refractivity contribution in [3.05, 3.63) is 23.9 Å². The maximum absolute atomic E-state index is 13.3. The van der Waals surface area contributed by atoms with Gasteiger partial charge in [0, 0.05) is 22.9 Å². The highest BCUT2D eigenvalue weighted by atomic mass is 35.5. The van der Waals surface area contributed by atoms with Gasteiger partial charge in [0.15, 0.2) is 11.6 Å². The first-order chi connectivity index (χ1) is 7.41. The third-order valence-corrected chi connectivity index (χ3v) is 4.01. The van der Waals surface area contributed by atoms with E-state index in [1.54, 1.807) is 0 Å². The number of hydrogen-bond donors (Lipinski definition) is 1. The minimum absolute atomic E-state index is 0.0717. The molecule has 0 spiro atoms. The van der Waals surface area contributed by atoms with E-state index in [1.807, 2.05) is 13.8 Å². The van der Waals surface area contributed by atoms with Gasteiger partial charge in [-0.1, -0.05) is 13.8 Å². The summed E-state index contributed by atoms with van der Waals surface area (Å²) in [4.78, 5) is 3.69. The Hall–Kier alpha value is -0.900. The molecule has 0 saturated heterocycles. The molecule has 16 heavy (non-hydrogen) atoms. The lowest BCUT2D eigenvalue weighted by Gasteiger charge is -2.49. The summed E-state index contributed by atoms with van der Waals surface area (Å²) in [6.07, 6.45) is 1.75. The molecule has 1 fully saturated rings. The van der Waals surface area contributed by atoms with Gasteiger partial charge in [-0.15, -0.1) is 11.6 Å². The summed E-state index contributed by atoms with van der Waals surface area (Å²) in [6.45, 7) is 4.01. The lowest BCUT2D eigenvalue weighted by Crippen LogP contribution is -2.54. The minimum atomic E-state index is -0.675. The first-order valence-corrected chi connectivity index (χ1v) is 5.56. The van der Waals surface area contributed by atoms with E-state index in [0.717, 1.165) is 18.7 Å². The summed E-state index contributed by atoms with van der Waals surface area (Å²) in [5.74, 6) is -1.26. The first-order valence-electron chi connectivity index (χ1n) is 5.13. The number of nitrogens with one attached hydrogen (secondary N) is 1. The highest BCUT2D eigenvalue weighted by Gasteiger charge is 2.47. The predicted molar refractivity (Wildman–Crippen MR) is 59.6 cm³/mol. The lowest BCUT2D eigenvalue weighted by molar-refractivity contribution is 0.167. The molecule has 2 rings (SSSR count). The maximum atomic E-state index is 13.3. The van der Waals surface area contributed by atoms with Crippen LogP contribution in [0, 0.1) is 17.0 Å². The van der Waals surface area contributed by atoms with Crippen molar-refractivity contribution in [2.75, 3.05) is 5.32 Å². The van der Waals surface area contributed by atoms with Gasteiger partial charge in [-0.25, -0.2) is 13.8 Å². The van der Waals surface area contributed by atoms with Crippen LogP contribution in [0.15, 0.2) is 12.3 Å². The predicted octanol–water partition coefficient (Wildman–Crippen LogP) is 3.18. The molecule has 5 heteroatoms. The normalized spacial score (nSPS) is 27.3. The molecule has 0 aromatic carbocycles. The van der Waals surface area contributed by atoms with Crippen molar-refractivity contribution >= 4 is 17.4 Å². The molecule has 1 aliphatic carbocycles. The molecule has 0 bridgehead atoms. The van der Waals surface area contributed by atoms with Crippen LogP contribution < -0.4 is 5.32 Å². The van der Waals surface area contributed by atoms with Crippen LogP contribution in [0.25, 0.3) is 0 Å². The number of halogens is 3. The standard InChI is InChI=1S/C11H13ClF2N2/c1-11(2)8(12)4-9(11)16-10-7(14)3-6(13)5-15-10/h3,5,8-9H,4H2,1-2H3,(H,15,16). The minimum Gasteiger partial charge on any atom is -0.364 e. The molecule has 1 N–H and O–H groups in total. The molecule has 2 unspecified atom stereocenters. The van der Waals surface area contributed by atoms with Crippen LogP contribution >= 0.6 is 11.6 Å². The SMILES string of the molecule is CC1(C)C(Cl)CC1Nc1ncc(F)cc1F. The topological polar surface area (TPSA) is 24.9 Å². The zero-order chi connectivity index (χ0) is 11.9. The second-order valence-corrected chi connectivity index (χ2v) is 5.23. The number of anilines is 1. The third-order valence-electron chi connectivity index (χ3n) is 3.27. The molecular formula is C11H13ClF2N2. The molecule has 1 aromatic heterocycles. The zero-order valence-electron chi connectivity index (χ0n) is 9.10. The molecule has 1 heterocycles. The second kappa shape index (κ2) is 3.84. The van der Waals surface area contributed by atoms with Crippen LogP contribution in [-0.2, 0) is 0 Å². The van der Waals surface area contributed by atoms with Crippen LogP contribution in [0.1, 0.15) is 20.3 Å². The van der Waals surface area contributed by atoms with Crippen LogP contribution in [-0.4, -0.2) is 16.4 Å². The van der Waals surface area contributed by atoms with Gasteiger partial charge in [-0.3, -0.25) is 0 Å². The first kappa shape index (κ1) is 11.6. The highest BCUT2D eigenvalue weighted by Crippen LogP contribution is 2.45. The van der Waals surface area contributed by atoms with Gasteiger partial charge in [0.1, 0.15) is 5.82 Å². The van der Waals surface area contributed by atoms with E-state index in [1.165, 1.54) is 0 Å². The van der Waals surface area contributed by atoms with Crippen molar-refractivity contribution in [1.29, 1.82) is 0 Å². The Morgan fingerprint density at radius 1 is 1.50 bits per heavy atom. The highest BCUT2D eigenvalue weighted by molar-refractivity contribution is 6.21. The van der Waals surface area contributed by atoms with Crippen LogP contribution in [0.2, 0.25) is 0 Å². The molecule has 1 saturated carbocycles. The number of alkyl halides is 1. The van der Waals surface area contributed by atoms with E-state index >= 15 is 0 Å². The van der Waals surface area contributed by atoms with Gasteiger partial charge < -0.3 is 5.32 Å². The van der Waals surface area contributed by atoms with Gasteiger partial charge in [0.2, 0.25) is 0 Å². The van der Waals surface area contributed by atoms with E-state index in [0.29, 0.717) is 0 Å². The smallest absolute Gasteiger partial charge is 0.168 e. The van der Waals surface area contributed by atoms with E-state index in [9.17, 15) is 8.78 Å². The number of aromatic nitrogens is 1. The van der Waals surface area contributed by atoms with Crippen molar-refractivity contribution in [1.82, 2.24) is 4.98 Å². The number of rotatable bonds is 2. The summed E-state index contributed by atoms with van der Waals surface area (Å²) in [6, 6.07) is 0.890. The molecule has 1 aromatic rings. The Morgan fingerprint density at radius 2 is 2.19 bits per heavy atom. The van der Waals surface area contributed by atoms with Crippen LogP contribution in [0.4, 0.5) is 14.6 Å². The fourth-order valence-corrected chi connectivity index (χ4v) is 2.13. The quantitative estimate of drug-likeness (QED) is 0.811. The van der Waals surface area contributed by atoms with Gasteiger partial charge in [0.25, 0.3) is 0 Å². The summed E-state index contributed by atoms with van der Waals surface area (Å²) >= 11 is 6.05. The Labute approximate surface area is 98.0 Å². The van der Waals surface area contributed by atoms with Gasteiger partial charge in [-0.2, -0.15) is 0 Å². The fourth-order valence-electron chi connectivity index (χ4n) is 1.80. The largest absolute Gasteiger partial charge is 0.364 e. The zero-order valence-corrected chi connectivity index (χ0v) is 9.85. The summed E-state index contributed by atoms with van der Waals surface area (Å²) < 4.78 is 26.0. The maximum Gasteiger partial charge on any atom is 0.168 e. The molecule has 2 atom stereocenters. The Balaban J connectivity index is 2.11. The molecule has 0 amide bonds. The van der Waals surface area contributed by atoms with E-state index in [-0.39, 0.29) is 22.7 Å². The van der Waals surface area contributed by atoms with Gasteiger partial charge >= 0.3 is 0 Å². The Kier molecular flexibility index (Phi) is 2.78.